The van der Waals surface area contributed by atoms with Crippen LogP contribution in [0.4, 0.5) is 8.78 Å². The Morgan fingerprint density at radius 2 is 1.87 bits per heavy atom. The van der Waals surface area contributed by atoms with Gasteiger partial charge in [0, 0.05) is 26.8 Å². The molecule has 1 aliphatic rings. The van der Waals surface area contributed by atoms with Crippen molar-refractivity contribution in [1.82, 2.24) is 10.6 Å². The van der Waals surface area contributed by atoms with Gasteiger partial charge < -0.3 is 20.1 Å². The van der Waals surface area contributed by atoms with Gasteiger partial charge in [0.1, 0.15) is 0 Å². The molecule has 0 aromatic heterocycles. The summed E-state index contributed by atoms with van der Waals surface area (Å²) in [5, 5.41) is 6.45. The van der Waals surface area contributed by atoms with E-state index in [-0.39, 0.29) is 36.1 Å². The van der Waals surface area contributed by atoms with Crippen LogP contribution in [0.25, 0.3) is 0 Å². The highest BCUT2D eigenvalue weighted by molar-refractivity contribution is 14.0. The van der Waals surface area contributed by atoms with Crippen molar-refractivity contribution in [3.05, 3.63) is 70.8 Å². The quantitative estimate of drug-likeness (QED) is 0.301. The molecule has 170 valence electrons. The third-order valence-electron chi connectivity index (χ3n) is 5.13. The summed E-state index contributed by atoms with van der Waals surface area (Å²) < 4.78 is 38.0. The topological polar surface area (TPSA) is 54.9 Å². The van der Waals surface area contributed by atoms with Crippen LogP contribution >= 0.6 is 24.0 Å². The number of aliphatic imine (C=N–C) groups is 1. The molecule has 31 heavy (non-hydrogen) atoms. The van der Waals surface area contributed by atoms with Gasteiger partial charge in [-0.05, 0) is 48.6 Å². The average Bonchev–Trinajstić information content (AvgIpc) is 2.78. The third kappa shape index (κ3) is 8.01. The molecule has 1 atom stereocenters. The number of guanidine groups is 1. The highest BCUT2D eigenvalue weighted by Crippen LogP contribution is 2.16. The van der Waals surface area contributed by atoms with Crippen LogP contribution in [0.2, 0.25) is 0 Å². The minimum Gasteiger partial charge on any atom is -0.381 e. The van der Waals surface area contributed by atoms with E-state index in [4.69, 9.17) is 9.47 Å². The van der Waals surface area contributed by atoms with Gasteiger partial charge >= 0.3 is 0 Å². The lowest BCUT2D eigenvalue weighted by Crippen LogP contribution is -2.38. The summed E-state index contributed by atoms with van der Waals surface area (Å²) in [6.07, 6.45) is 2.15. The van der Waals surface area contributed by atoms with Gasteiger partial charge in [0.2, 0.25) is 0 Å². The molecule has 0 radical (unpaired) electrons. The van der Waals surface area contributed by atoms with Crippen molar-refractivity contribution in [1.29, 1.82) is 0 Å². The molecule has 1 aliphatic heterocycles. The Balaban J connectivity index is 0.00000341. The van der Waals surface area contributed by atoms with Crippen LogP contribution in [0.1, 0.15) is 42.5 Å². The van der Waals surface area contributed by atoms with Crippen molar-refractivity contribution >= 4 is 29.9 Å². The van der Waals surface area contributed by atoms with E-state index in [2.05, 4.69) is 27.8 Å². The Morgan fingerprint density at radius 3 is 2.58 bits per heavy atom. The van der Waals surface area contributed by atoms with E-state index in [0.717, 1.165) is 43.2 Å². The van der Waals surface area contributed by atoms with E-state index < -0.39 is 11.6 Å². The summed E-state index contributed by atoms with van der Waals surface area (Å²) in [6, 6.07) is 11.9. The van der Waals surface area contributed by atoms with Crippen LogP contribution in [-0.2, 0) is 22.6 Å². The van der Waals surface area contributed by atoms with Gasteiger partial charge in [-0.3, -0.25) is 4.99 Å². The van der Waals surface area contributed by atoms with Crippen LogP contribution in [0, 0.1) is 11.6 Å². The molecular weight excluding hydrogens is 515 g/mol. The number of benzene rings is 2. The van der Waals surface area contributed by atoms with Gasteiger partial charge in [0.15, 0.2) is 17.6 Å². The fraction of sp³-hybridized carbons (Fsp3) is 0.435. The maximum Gasteiger partial charge on any atom is 0.191 e. The lowest BCUT2D eigenvalue weighted by atomic mass is 10.1. The Morgan fingerprint density at radius 1 is 1.13 bits per heavy atom. The van der Waals surface area contributed by atoms with Crippen molar-refractivity contribution in [2.75, 3.05) is 20.3 Å². The Kier molecular flexibility index (Phi) is 10.6. The fourth-order valence-electron chi connectivity index (χ4n) is 3.34. The molecule has 1 saturated heterocycles. The number of nitrogens with zero attached hydrogens (tertiary/aromatic N) is 1. The van der Waals surface area contributed by atoms with Crippen molar-refractivity contribution in [2.45, 2.75) is 45.1 Å². The van der Waals surface area contributed by atoms with Crippen LogP contribution in [-0.4, -0.2) is 32.3 Å². The molecule has 0 amide bonds. The van der Waals surface area contributed by atoms with Gasteiger partial charge in [-0.1, -0.05) is 30.3 Å². The summed E-state index contributed by atoms with van der Waals surface area (Å²) in [7, 11) is 1.67. The zero-order valence-corrected chi connectivity index (χ0v) is 20.2. The predicted molar refractivity (Wildman–Crippen MR) is 129 cm³/mol. The van der Waals surface area contributed by atoms with E-state index in [1.54, 1.807) is 13.1 Å². The van der Waals surface area contributed by atoms with E-state index in [0.29, 0.717) is 24.7 Å². The van der Waals surface area contributed by atoms with Crippen LogP contribution in [0.5, 0.6) is 0 Å². The first-order chi connectivity index (χ1) is 14.5. The molecule has 3 rings (SSSR count). The summed E-state index contributed by atoms with van der Waals surface area (Å²) in [5.41, 5.74) is 2.87. The molecule has 5 nitrogen and oxygen atoms in total. The van der Waals surface area contributed by atoms with Gasteiger partial charge in [0.05, 0.1) is 18.8 Å². The van der Waals surface area contributed by atoms with E-state index in [1.807, 2.05) is 19.1 Å². The van der Waals surface area contributed by atoms with Crippen LogP contribution in [0.3, 0.4) is 0 Å². The monoisotopic (exact) mass is 545 g/mol. The lowest BCUT2D eigenvalue weighted by molar-refractivity contribution is -0.0390. The summed E-state index contributed by atoms with van der Waals surface area (Å²) in [5.74, 6) is -1.13. The summed E-state index contributed by atoms with van der Waals surface area (Å²) in [6.45, 7) is 4.56. The van der Waals surface area contributed by atoms with E-state index in [9.17, 15) is 8.78 Å². The minimum atomic E-state index is -0.858. The Bertz CT molecular complexity index is 860. The molecule has 0 spiro atoms. The number of hydrogen-bond acceptors (Lipinski definition) is 3. The van der Waals surface area contributed by atoms with E-state index >= 15 is 0 Å². The maximum atomic E-state index is 13.5. The van der Waals surface area contributed by atoms with Crippen LogP contribution in [0.15, 0.2) is 47.5 Å². The van der Waals surface area contributed by atoms with Gasteiger partial charge in [-0.2, -0.15) is 0 Å². The second-order valence-electron chi connectivity index (χ2n) is 7.41. The number of rotatable bonds is 7. The largest absolute Gasteiger partial charge is 0.381 e. The van der Waals surface area contributed by atoms with Crippen molar-refractivity contribution < 1.29 is 18.3 Å². The molecule has 1 heterocycles. The van der Waals surface area contributed by atoms with Gasteiger partial charge in [-0.15, -0.1) is 24.0 Å². The summed E-state index contributed by atoms with van der Waals surface area (Å²) in [4.78, 5) is 4.22. The first kappa shape index (κ1) is 25.5. The number of ether oxygens (including phenoxy) is 2. The lowest BCUT2D eigenvalue weighted by Gasteiger charge is -2.22. The third-order valence-corrected chi connectivity index (χ3v) is 5.13. The molecule has 0 bridgehead atoms. The molecule has 2 aromatic carbocycles. The fourth-order valence-corrected chi connectivity index (χ4v) is 3.34. The molecule has 0 saturated carbocycles. The molecule has 2 N–H and O–H groups in total. The molecule has 2 aromatic rings. The standard InChI is InChI=1S/C23H29F2N3O2.HI/c1-16(19-6-7-21(24)22(25)13-19)28-23(26-2)27-14-17-4-3-5-18(12-17)15-30-20-8-10-29-11-9-20;/h3-7,12-13,16,20H,8-11,14-15H2,1-2H3,(H2,26,27,28);1H. The first-order valence-electron chi connectivity index (χ1n) is 10.2. The number of halogens is 3. The predicted octanol–water partition coefficient (Wildman–Crippen LogP) is 4.70. The molecule has 8 heteroatoms. The van der Waals surface area contributed by atoms with E-state index in [1.165, 1.54) is 6.07 Å². The summed E-state index contributed by atoms with van der Waals surface area (Å²) >= 11 is 0. The SMILES string of the molecule is CN=C(NCc1cccc(COC2CCOCC2)c1)NC(C)c1ccc(F)c(F)c1.I. The maximum absolute atomic E-state index is 13.5. The van der Waals surface area contributed by atoms with Crippen molar-refractivity contribution in [2.24, 2.45) is 4.99 Å². The normalized spacial score (nSPS) is 15.8. The van der Waals surface area contributed by atoms with Crippen molar-refractivity contribution in [3.63, 3.8) is 0 Å². The van der Waals surface area contributed by atoms with Gasteiger partial charge in [-0.25, -0.2) is 8.78 Å². The highest BCUT2D eigenvalue weighted by Gasteiger charge is 2.14. The Labute approximate surface area is 199 Å². The highest BCUT2D eigenvalue weighted by atomic mass is 127. The number of hydrogen-bond donors (Lipinski definition) is 2. The molecule has 1 fully saturated rings. The average molecular weight is 545 g/mol. The first-order valence-corrected chi connectivity index (χ1v) is 10.2. The minimum absolute atomic E-state index is 0. The molecular formula is C23H30F2IN3O2. The smallest absolute Gasteiger partial charge is 0.191 e. The van der Waals surface area contributed by atoms with Gasteiger partial charge in [0.25, 0.3) is 0 Å². The zero-order chi connectivity index (χ0) is 21.3. The second kappa shape index (κ2) is 12.9. The number of nitrogens with one attached hydrogen (secondary N) is 2. The zero-order valence-electron chi connectivity index (χ0n) is 17.9. The Hall–Kier alpha value is -1.78. The second-order valence-corrected chi connectivity index (χ2v) is 7.41. The molecule has 1 unspecified atom stereocenters. The van der Waals surface area contributed by atoms with Crippen LogP contribution < -0.4 is 10.6 Å². The molecule has 0 aliphatic carbocycles. The van der Waals surface area contributed by atoms with Crippen molar-refractivity contribution in [3.8, 4) is 0 Å².